The molecule has 0 saturated heterocycles. The molecule has 3 aromatic rings. The molecule has 0 aliphatic carbocycles. The Morgan fingerprint density at radius 3 is 2.62 bits per heavy atom. The van der Waals surface area contributed by atoms with Gasteiger partial charge in [-0.1, -0.05) is 0 Å². The summed E-state index contributed by atoms with van der Waals surface area (Å²) >= 11 is 1.37. The van der Waals surface area contributed by atoms with E-state index in [2.05, 4.69) is 0 Å². The first kappa shape index (κ1) is 15.5. The molecule has 110 valence electrons. The maximum Gasteiger partial charge on any atom is 0.336 e. The number of rotatable bonds is 2. The molecule has 0 aliphatic rings. The van der Waals surface area contributed by atoms with Crippen LogP contribution in [0.3, 0.4) is 0 Å². The zero-order valence-corrected chi connectivity index (χ0v) is 13.3. The summed E-state index contributed by atoms with van der Waals surface area (Å²) < 4.78 is 7.09. The van der Waals surface area contributed by atoms with Gasteiger partial charge in [0.15, 0.2) is 4.80 Å². The van der Waals surface area contributed by atoms with Gasteiger partial charge in [-0.05, 0) is 42.7 Å². The first-order valence-corrected chi connectivity index (χ1v) is 7.15. The molecule has 0 spiro atoms. The number of thiazole rings is 1. The lowest BCUT2D eigenvalue weighted by molar-refractivity contribution is 0.557. The van der Waals surface area contributed by atoms with Crippen molar-refractivity contribution in [2.24, 2.45) is 0 Å². The molecule has 21 heavy (non-hydrogen) atoms. The number of hydrogen-bond acceptors (Lipinski definition) is 4. The van der Waals surface area contributed by atoms with Gasteiger partial charge in [0.25, 0.3) is 0 Å². The standard InChI is InChI=1S/C15H14N2O2S.ClH/c1-9-5-12-11(8-17-3-4-20-15(17)16)7-14(18)19-13(12)6-10(9)2;/h3-7,16H,8H2,1-2H3;1H. The monoisotopic (exact) mass is 322 g/mol. The summed E-state index contributed by atoms with van der Waals surface area (Å²) in [5.74, 6) is 0. The Hall–Kier alpha value is -1.85. The number of aryl methyl sites for hydroxylation is 2. The molecule has 1 N–H and O–H groups in total. The number of halogens is 1. The van der Waals surface area contributed by atoms with Crippen LogP contribution in [-0.4, -0.2) is 4.57 Å². The second-order valence-corrected chi connectivity index (χ2v) is 5.75. The van der Waals surface area contributed by atoms with Crippen LogP contribution in [0.1, 0.15) is 16.7 Å². The molecule has 6 heteroatoms. The molecule has 0 radical (unpaired) electrons. The van der Waals surface area contributed by atoms with Crippen molar-refractivity contribution < 1.29 is 4.42 Å². The number of nitrogens with one attached hydrogen (secondary N) is 1. The van der Waals surface area contributed by atoms with Gasteiger partial charge < -0.3 is 8.98 Å². The fraction of sp³-hybridized carbons (Fsp3) is 0.200. The van der Waals surface area contributed by atoms with Gasteiger partial charge >= 0.3 is 5.63 Å². The zero-order valence-electron chi connectivity index (χ0n) is 11.7. The van der Waals surface area contributed by atoms with Gasteiger partial charge in [0.05, 0.1) is 6.54 Å². The van der Waals surface area contributed by atoms with E-state index in [1.54, 1.807) is 0 Å². The average molecular weight is 323 g/mol. The third-order valence-corrected chi connectivity index (χ3v) is 4.18. The van der Waals surface area contributed by atoms with Gasteiger partial charge in [-0.2, -0.15) is 0 Å². The van der Waals surface area contributed by atoms with E-state index in [1.807, 2.05) is 42.1 Å². The summed E-state index contributed by atoms with van der Waals surface area (Å²) in [5, 5.41) is 10.6. The Balaban J connectivity index is 0.00000161. The second-order valence-electron chi connectivity index (χ2n) is 4.86. The number of benzene rings is 1. The first-order valence-electron chi connectivity index (χ1n) is 6.27. The van der Waals surface area contributed by atoms with E-state index in [9.17, 15) is 4.79 Å². The van der Waals surface area contributed by atoms with Crippen LogP contribution >= 0.6 is 23.7 Å². The lowest BCUT2D eigenvalue weighted by Gasteiger charge is -2.08. The molecule has 0 fully saturated rings. The molecule has 0 unspecified atom stereocenters. The van der Waals surface area contributed by atoms with Gasteiger partial charge in [0.2, 0.25) is 0 Å². The Morgan fingerprint density at radius 1 is 1.24 bits per heavy atom. The predicted molar refractivity (Wildman–Crippen MR) is 86.5 cm³/mol. The van der Waals surface area contributed by atoms with Gasteiger partial charge in [-0.15, -0.1) is 23.7 Å². The van der Waals surface area contributed by atoms with Crippen LogP contribution in [0, 0.1) is 19.3 Å². The number of fused-ring (bicyclic) bond motifs is 1. The first-order chi connectivity index (χ1) is 9.54. The van der Waals surface area contributed by atoms with Crippen molar-refractivity contribution in [3.8, 4) is 0 Å². The molecule has 0 saturated carbocycles. The molecule has 2 aromatic heterocycles. The van der Waals surface area contributed by atoms with E-state index in [0.717, 1.165) is 22.1 Å². The minimum Gasteiger partial charge on any atom is -0.423 e. The summed E-state index contributed by atoms with van der Waals surface area (Å²) in [6.07, 6.45) is 1.86. The Bertz CT molecular complexity index is 908. The summed E-state index contributed by atoms with van der Waals surface area (Å²) in [6, 6.07) is 5.45. The minimum absolute atomic E-state index is 0. The highest BCUT2D eigenvalue weighted by Gasteiger charge is 2.08. The van der Waals surface area contributed by atoms with Gasteiger partial charge in [-0.3, -0.25) is 5.41 Å². The van der Waals surface area contributed by atoms with Crippen LogP contribution in [0.15, 0.2) is 39.0 Å². The smallest absolute Gasteiger partial charge is 0.336 e. The van der Waals surface area contributed by atoms with Gasteiger partial charge in [0.1, 0.15) is 5.58 Å². The van der Waals surface area contributed by atoms with E-state index < -0.39 is 0 Å². The highest BCUT2D eigenvalue weighted by molar-refractivity contribution is 7.06. The molecule has 0 amide bonds. The zero-order chi connectivity index (χ0) is 14.3. The SMILES string of the molecule is Cc1cc2oc(=O)cc(Cn3ccsc3=N)c2cc1C.Cl. The molecule has 4 nitrogen and oxygen atoms in total. The van der Waals surface area contributed by atoms with E-state index >= 15 is 0 Å². The maximum absolute atomic E-state index is 11.7. The van der Waals surface area contributed by atoms with Crippen LogP contribution in [-0.2, 0) is 6.54 Å². The molecule has 0 aliphatic heterocycles. The third-order valence-electron chi connectivity index (χ3n) is 3.47. The molecule has 2 heterocycles. The van der Waals surface area contributed by atoms with Crippen LogP contribution in [0.25, 0.3) is 11.0 Å². The van der Waals surface area contributed by atoms with Crippen molar-refractivity contribution in [1.82, 2.24) is 4.57 Å². The van der Waals surface area contributed by atoms with Crippen molar-refractivity contribution >= 4 is 34.7 Å². The molecular formula is C15H15ClN2O2S. The molecule has 3 rings (SSSR count). The van der Waals surface area contributed by atoms with Crippen molar-refractivity contribution in [3.63, 3.8) is 0 Å². The summed E-state index contributed by atoms with van der Waals surface area (Å²) in [4.78, 5) is 12.2. The quantitative estimate of drug-likeness (QED) is 0.736. The fourth-order valence-corrected chi connectivity index (χ4v) is 2.82. The molecule has 0 atom stereocenters. The Kier molecular flexibility index (Phi) is 4.34. The number of hydrogen-bond donors (Lipinski definition) is 1. The Labute approximate surface area is 131 Å². The largest absolute Gasteiger partial charge is 0.423 e. The number of nitrogens with zero attached hydrogens (tertiary/aromatic N) is 1. The molecular weight excluding hydrogens is 308 g/mol. The van der Waals surface area contributed by atoms with Crippen LogP contribution in [0.5, 0.6) is 0 Å². The summed E-state index contributed by atoms with van der Waals surface area (Å²) in [7, 11) is 0. The minimum atomic E-state index is -0.349. The van der Waals surface area contributed by atoms with Gasteiger partial charge in [-0.25, -0.2) is 4.79 Å². The lowest BCUT2D eigenvalue weighted by Crippen LogP contribution is -2.14. The average Bonchev–Trinajstić information content (AvgIpc) is 2.77. The van der Waals surface area contributed by atoms with E-state index in [1.165, 1.54) is 17.4 Å². The third kappa shape index (κ3) is 2.94. The predicted octanol–water partition coefficient (Wildman–Crippen LogP) is 3.22. The summed E-state index contributed by atoms with van der Waals surface area (Å²) in [6.45, 7) is 4.54. The van der Waals surface area contributed by atoms with E-state index in [-0.39, 0.29) is 18.0 Å². The van der Waals surface area contributed by atoms with E-state index in [0.29, 0.717) is 16.9 Å². The van der Waals surface area contributed by atoms with E-state index in [4.69, 9.17) is 9.83 Å². The summed E-state index contributed by atoms with van der Waals surface area (Å²) in [5.41, 5.74) is 3.41. The topological polar surface area (TPSA) is 59.0 Å². The Morgan fingerprint density at radius 2 is 1.95 bits per heavy atom. The van der Waals surface area contributed by atoms with Crippen molar-refractivity contribution in [1.29, 1.82) is 5.41 Å². The van der Waals surface area contributed by atoms with Crippen LogP contribution < -0.4 is 10.4 Å². The van der Waals surface area contributed by atoms with Crippen LogP contribution in [0.2, 0.25) is 0 Å². The second kappa shape index (κ2) is 5.87. The number of aromatic nitrogens is 1. The lowest BCUT2D eigenvalue weighted by atomic mass is 10.0. The fourth-order valence-electron chi connectivity index (χ4n) is 2.23. The van der Waals surface area contributed by atoms with Gasteiger partial charge in [0, 0.05) is 23.0 Å². The molecule has 1 aromatic carbocycles. The van der Waals surface area contributed by atoms with Crippen molar-refractivity contribution in [2.45, 2.75) is 20.4 Å². The van der Waals surface area contributed by atoms with Crippen molar-refractivity contribution in [3.05, 3.63) is 61.7 Å². The highest BCUT2D eigenvalue weighted by Crippen LogP contribution is 2.22. The normalized spacial score (nSPS) is 10.6. The maximum atomic E-state index is 11.7. The van der Waals surface area contributed by atoms with Crippen LogP contribution in [0.4, 0.5) is 0 Å². The highest BCUT2D eigenvalue weighted by atomic mass is 35.5. The molecule has 0 bridgehead atoms. The van der Waals surface area contributed by atoms with Crippen molar-refractivity contribution in [2.75, 3.05) is 0 Å².